The fourth-order valence-electron chi connectivity index (χ4n) is 3.97. The minimum atomic E-state index is -0.405. The maximum absolute atomic E-state index is 13.4. The van der Waals surface area contributed by atoms with Crippen molar-refractivity contribution in [3.8, 4) is 0 Å². The Morgan fingerprint density at radius 3 is 2.03 bits per heavy atom. The van der Waals surface area contributed by atoms with E-state index in [1.54, 1.807) is 0 Å². The third-order valence-electron chi connectivity index (χ3n) is 5.53. The molecule has 0 radical (unpaired) electrons. The first-order valence-corrected chi connectivity index (χ1v) is 10.2. The van der Waals surface area contributed by atoms with Crippen LogP contribution in [0.1, 0.15) is 42.4 Å². The van der Waals surface area contributed by atoms with Gasteiger partial charge in [-0.05, 0) is 54.2 Å². The second kappa shape index (κ2) is 9.05. The fraction of sp³-hybridized carbons (Fsp3) is 0.222. The van der Waals surface area contributed by atoms with Crippen molar-refractivity contribution in [2.45, 2.75) is 31.3 Å². The molecule has 0 saturated carbocycles. The van der Waals surface area contributed by atoms with E-state index in [1.807, 2.05) is 48.5 Å². The molecule has 2 heteroatoms. The monoisotopic (exact) mass is 384 g/mol. The quantitative estimate of drug-likeness (QED) is 0.435. The Morgan fingerprint density at radius 1 is 0.862 bits per heavy atom. The van der Waals surface area contributed by atoms with E-state index in [-0.39, 0.29) is 5.82 Å². The summed E-state index contributed by atoms with van der Waals surface area (Å²) in [5.74, 6) is -0.217. The van der Waals surface area contributed by atoms with Crippen molar-refractivity contribution in [2.75, 3.05) is 6.61 Å². The molecule has 1 saturated heterocycles. The van der Waals surface area contributed by atoms with Gasteiger partial charge in [-0.2, -0.15) is 0 Å². The highest BCUT2D eigenvalue weighted by molar-refractivity contribution is 5.79. The average molecular weight is 384 g/mol. The third kappa shape index (κ3) is 4.56. The molecule has 0 aliphatic carbocycles. The van der Waals surface area contributed by atoms with Crippen LogP contribution >= 0.6 is 0 Å². The highest BCUT2D eigenvalue weighted by Gasteiger charge is 2.34. The lowest BCUT2D eigenvalue weighted by Crippen LogP contribution is -2.33. The smallest absolute Gasteiger partial charge is 0.123 e. The molecular formula is C27H25FO. The maximum Gasteiger partial charge on any atom is 0.123 e. The highest BCUT2D eigenvalue weighted by Crippen LogP contribution is 2.38. The summed E-state index contributed by atoms with van der Waals surface area (Å²) in [6.07, 6.45) is 5.91. The largest absolute Gasteiger partial charge is 0.370 e. The first-order chi connectivity index (χ1) is 14.3. The van der Waals surface area contributed by atoms with Gasteiger partial charge in [0.2, 0.25) is 0 Å². The minimum absolute atomic E-state index is 0.217. The van der Waals surface area contributed by atoms with Crippen LogP contribution in [0.3, 0.4) is 0 Å². The molecule has 0 aromatic heterocycles. The molecule has 1 aliphatic heterocycles. The van der Waals surface area contributed by atoms with E-state index in [1.165, 1.54) is 12.1 Å². The molecule has 1 nitrogen and oxygen atoms in total. The molecule has 1 aliphatic rings. The Morgan fingerprint density at radius 2 is 1.48 bits per heavy atom. The third-order valence-corrected chi connectivity index (χ3v) is 5.53. The van der Waals surface area contributed by atoms with Crippen LogP contribution in [-0.2, 0) is 10.3 Å². The molecule has 0 amide bonds. The Balaban J connectivity index is 1.71. The summed E-state index contributed by atoms with van der Waals surface area (Å²) in [7, 11) is 0. The zero-order valence-corrected chi connectivity index (χ0v) is 16.5. The van der Waals surface area contributed by atoms with Crippen LogP contribution in [0.15, 0.2) is 96.7 Å². The van der Waals surface area contributed by atoms with Gasteiger partial charge in [-0.3, -0.25) is 0 Å². The summed E-state index contributed by atoms with van der Waals surface area (Å²) in [4.78, 5) is 0. The molecule has 146 valence electrons. The first-order valence-electron chi connectivity index (χ1n) is 10.2. The number of ether oxygens (including phenoxy) is 1. The molecule has 4 rings (SSSR count). The summed E-state index contributed by atoms with van der Waals surface area (Å²) in [6.45, 7) is 0.735. The molecule has 3 aromatic carbocycles. The SMILES string of the molecule is Fc1ccc(C2(CC=C=C(c3ccccc3)c3ccccc3)CCCCO2)cc1. The molecule has 29 heavy (non-hydrogen) atoms. The number of hydrogen-bond acceptors (Lipinski definition) is 1. The second-order valence-electron chi connectivity index (χ2n) is 7.47. The van der Waals surface area contributed by atoms with Crippen molar-refractivity contribution in [3.63, 3.8) is 0 Å². The molecule has 1 fully saturated rings. The zero-order valence-electron chi connectivity index (χ0n) is 16.5. The van der Waals surface area contributed by atoms with E-state index < -0.39 is 5.60 Å². The Kier molecular flexibility index (Phi) is 6.05. The van der Waals surface area contributed by atoms with Gasteiger partial charge in [-0.25, -0.2) is 4.39 Å². The second-order valence-corrected chi connectivity index (χ2v) is 7.47. The van der Waals surface area contributed by atoms with Gasteiger partial charge < -0.3 is 4.74 Å². The Labute approximate surface area is 172 Å². The standard InChI is InChI=1S/C27H25FO/c28-25-17-15-24(16-18-25)27(19-7-8-21-29-27)20-9-14-26(22-10-3-1-4-11-22)23-12-5-2-6-13-23/h1-6,9-13,15-18H,7-8,19-21H2. The van der Waals surface area contributed by atoms with Gasteiger partial charge in [0, 0.05) is 18.6 Å². The minimum Gasteiger partial charge on any atom is -0.370 e. The van der Waals surface area contributed by atoms with Crippen LogP contribution in [0.2, 0.25) is 0 Å². The predicted molar refractivity (Wildman–Crippen MR) is 116 cm³/mol. The van der Waals surface area contributed by atoms with Crippen LogP contribution in [0.5, 0.6) is 0 Å². The lowest BCUT2D eigenvalue weighted by molar-refractivity contribution is -0.0818. The van der Waals surface area contributed by atoms with E-state index in [0.29, 0.717) is 6.42 Å². The topological polar surface area (TPSA) is 9.23 Å². The Bertz CT molecular complexity index is 936. The van der Waals surface area contributed by atoms with Crippen LogP contribution in [-0.4, -0.2) is 6.61 Å². The number of hydrogen-bond donors (Lipinski definition) is 0. The number of rotatable bonds is 5. The van der Waals surface area contributed by atoms with Crippen molar-refractivity contribution in [3.05, 3.63) is 119 Å². The molecule has 0 N–H and O–H groups in total. The van der Waals surface area contributed by atoms with Gasteiger partial charge in [-0.1, -0.05) is 72.8 Å². The molecular weight excluding hydrogens is 359 g/mol. The van der Waals surface area contributed by atoms with Crippen molar-refractivity contribution < 1.29 is 9.13 Å². The maximum atomic E-state index is 13.4. The lowest BCUT2D eigenvalue weighted by atomic mass is 9.83. The van der Waals surface area contributed by atoms with E-state index in [4.69, 9.17) is 4.74 Å². The average Bonchev–Trinajstić information content (AvgIpc) is 2.79. The molecule has 1 atom stereocenters. The molecule has 3 aromatic rings. The van der Waals surface area contributed by atoms with Gasteiger partial charge >= 0.3 is 0 Å². The van der Waals surface area contributed by atoms with Crippen LogP contribution in [0.25, 0.3) is 5.57 Å². The fourth-order valence-corrected chi connectivity index (χ4v) is 3.97. The van der Waals surface area contributed by atoms with E-state index in [9.17, 15) is 4.39 Å². The summed E-state index contributed by atoms with van der Waals surface area (Å²) < 4.78 is 19.7. The Hall–Kier alpha value is -2.93. The van der Waals surface area contributed by atoms with E-state index in [0.717, 1.165) is 48.1 Å². The van der Waals surface area contributed by atoms with E-state index >= 15 is 0 Å². The summed E-state index contributed by atoms with van der Waals surface area (Å²) in [5, 5.41) is 0. The first kappa shape index (κ1) is 19.4. The molecule has 0 bridgehead atoms. The van der Waals surface area contributed by atoms with Crippen LogP contribution in [0.4, 0.5) is 4.39 Å². The summed E-state index contributed by atoms with van der Waals surface area (Å²) in [5.41, 5.74) is 7.51. The normalized spacial score (nSPS) is 18.7. The number of halogens is 1. The van der Waals surface area contributed by atoms with Crippen molar-refractivity contribution in [1.29, 1.82) is 0 Å². The van der Waals surface area contributed by atoms with Gasteiger partial charge in [0.05, 0.1) is 5.60 Å². The highest BCUT2D eigenvalue weighted by atomic mass is 19.1. The van der Waals surface area contributed by atoms with Gasteiger partial charge in [0.1, 0.15) is 5.82 Å². The summed E-state index contributed by atoms with van der Waals surface area (Å²) >= 11 is 0. The van der Waals surface area contributed by atoms with Crippen molar-refractivity contribution >= 4 is 5.57 Å². The van der Waals surface area contributed by atoms with Crippen LogP contribution < -0.4 is 0 Å². The van der Waals surface area contributed by atoms with E-state index in [2.05, 4.69) is 36.1 Å². The summed E-state index contributed by atoms with van der Waals surface area (Å²) in [6, 6.07) is 27.4. The number of benzene rings is 3. The molecule has 1 unspecified atom stereocenters. The van der Waals surface area contributed by atoms with Crippen molar-refractivity contribution in [2.24, 2.45) is 0 Å². The van der Waals surface area contributed by atoms with Gasteiger partial charge in [0.15, 0.2) is 0 Å². The molecule has 0 spiro atoms. The predicted octanol–water partition coefficient (Wildman–Crippen LogP) is 6.90. The lowest BCUT2D eigenvalue weighted by Gasteiger charge is -2.37. The van der Waals surface area contributed by atoms with Gasteiger partial charge in [-0.15, -0.1) is 5.73 Å². The van der Waals surface area contributed by atoms with Gasteiger partial charge in [0.25, 0.3) is 0 Å². The zero-order chi connectivity index (χ0) is 19.9. The molecule has 1 heterocycles. The van der Waals surface area contributed by atoms with Crippen LogP contribution in [0, 0.1) is 5.82 Å². The van der Waals surface area contributed by atoms with Crippen molar-refractivity contribution in [1.82, 2.24) is 0 Å².